The number of carboxylic acids is 1. The summed E-state index contributed by atoms with van der Waals surface area (Å²) in [5, 5.41) is 15.5. The zero-order valence-electron chi connectivity index (χ0n) is 44.7. The molecule has 2 aromatic carbocycles. The Hall–Kier alpha value is -5.98. The van der Waals surface area contributed by atoms with Gasteiger partial charge in [-0.05, 0) is 74.2 Å². The van der Waals surface area contributed by atoms with Crippen LogP contribution in [-0.4, -0.2) is 170 Å². The van der Waals surface area contributed by atoms with Crippen molar-refractivity contribution in [2.24, 2.45) is 17.8 Å². The second-order valence-electron chi connectivity index (χ2n) is 20.0. The second-order valence-corrected chi connectivity index (χ2v) is 20.0. The number of anilines is 1. The number of amides is 7. The summed E-state index contributed by atoms with van der Waals surface area (Å²) in [7, 11) is 8.29. The Morgan fingerprint density at radius 1 is 0.822 bits per heavy atom. The van der Waals surface area contributed by atoms with Gasteiger partial charge in [-0.1, -0.05) is 89.9 Å². The van der Waals surface area contributed by atoms with Crippen molar-refractivity contribution >= 4 is 53.0 Å². The SMILES string of the molecule is CC[C@H](C)[C@@H]([C@@H](CC(=O)N1CCC[C@H]1[C@H](OC)[C@@H](C)C(=O)N[C@@H](Cc1ccccc1)C(=O)O)OC)N(C)C(=O)CNC(=O)C(C(C)C)N(C)CCc1ccc(N(C)C(=O)CCCCCN2C(=O)C=CC2=O)cc1. The maximum Gasteiger partial charge on any atom is 0.326 e. The van der Waals surface area contributed by atoms with Gasteiger partial charge in [-0.2, -0.15) is 0 Å². The van der Waals surface area contributed by atoms with Gasteiger partial charge in [0.1, 0.15) is 6.04 Å². The average Bonchev–Trinajstić information content (AvgIpc) is 3.99. The van der Waals surface area contributed by atoms with Crippen molar-refractivity contribution in [1.29, 1.82) is 0 Å². The summed E-state index contributed by atoms with van der Waals surface area (Å²) in [4.78, 5) is 112. The third kappa shape index (κ3) is 16.8. The molecular formula is C55H81N7O11. The van der Waals surface area contributed by atoms with E-state index in [1.807, 2.05) is 82.1 Å². The van der Waals surface area contributed by atoms with Crippen LogP contribution in [0.4, 0.5) is 5.69 Å². The number of imide groups is 1. The van der Waals surface area contributed by atoms with Gasteiger partial charge in [0.25, 0.3) is 11.8 Å². The van der Waals surface area contributed by atoms with Gasteiger partial charge in [-0.25, -0.2) is 4.79 Å². The molecule has 4 rings (SSSR count). The number of carboxylic acid groups (broad SMARTS) is 1. The summed E-state index contributed by atoms with van der Waals surface area (Å²) in [5.74, 6) is -4.06. The molecule has 2 aliphatic heterocycles. The van der Waals surface area contributed by atoms with E-state index in [1.54, 1.807) is 47.9 Å². The number of methoxy groups -OCH3 is 2. The van der Waals surface area contributed by atoms with Crippen LogP contribution in [0.2, 0.25) is 0 Å². The van der Waals surface area contributed by atoms with E-state index in [-0.39, 0.29) is 66.7 Å². The van der Waals surface area contributed by atoms with E-state index in [4.69, 9.17) is 9.47 Å². The molecule has 18 nitrogen and oxygen atoms in total. The van der Waals surface area contributed by atoms with Gasteiger partial charge >= 0.3 is 5.97 Å². The van der Waals surface area contributed by atoms with Gasteiger partial charge in [0.05, 0.1) is 49.2 Å². The monoisotopic (exact) mass is 1020 g/mol. The Kier molecular flexibility index (Phi) is 23.7. The van der Waals surface area contributed by atoms with Gasteiger partial charge < -0.3 is 39.9 Å². The first-order chi connectivity index (χ1) is 34.7. The highest BCUT2D eigenvalue weighted by Gasteiger charge is 2.42. The van der Waals surface area contributed by atoms with Crippen LogP contribution in [0, 0.1) is 17.8 Å². The average molecular weight is 1020 g/mol. The van der Waals surface area contributed by atoms with Crippen LogP contribution in [0.3, 0.4) is 0 Å². The number of nitrogens with one attached hydrogen (secondary N) is 2. The Bertz CT molecular complexity index is 2190. The fourth-order valence-corrected chi connectivity index (χ4v) is 10.1. The lowest BCUT2D eigenvalue weighted by molar-refractivity contribution is -0.147. The molecule has 0 radical (unpaired) electrons. The van der Waals surface area contributed by atoms with E-state index in [1.165, 1.54) is 31.3 Å². The zero-order chi connectivity index (χ0) is 53.9. The van der Waals surface area contributed by atoms with E-state index in [0.29, 0.717) is 71.0 Å². The molecule has 0 aliphatic carbocycles. The number of likely N-dealkylation sites (N-methyl/N-ethyl adjacent to an activating group) is 2. The van der Waals surface area contributed by atoms with Crippen molar-refractivity contribution in [3.8, 4) is 0 Å². The van der Waals surface area contributed by atoms with Crippen LogP contribution in [-0.2, 0) is 60.7 Å². The smallest absolute Gasteiger partial charge is 0.326 e. The minimum Gasteiger partial charge on any atom is -0.480 e. The molecule has 0 saturated carbocycles. The molecule has 0 aromatic heterocycles. The lowest BCUT2D eigenvalue weighted by Gasteiger charge is -2.39. The number of likely N-dealkylation sites (tertiary alicyclic amines) is 1. The molecule has 18 heteroatoms. The van der Waals surface area contributed by atoms with Crippen molar-refractivity contribution in [2.45, 2.75) is 135 Å². The maximum absolute atomic E-state index is 14.3. The summed E-state index contributed by atoms with van der Waals surface area (Å²) in [6.45, 7) is 10.7. The molecule has 402 valence electrons. The molecule has 1 fully saturated rings. The molecule has 0 bridgehead atoms. The fraction of sp³-hybridized carbons (Fsp3) is 0.600. The summed E-state index contributed by atoms with van der Waals surface area (Å²) in [6, 6.07) is 14.1. The quantitative estimate of drug-likeness (QED) is 0.0730. The standard InChI is InChI=1S/C55H81N7O11/c1-11-37(4)51(44(72-9)34-48(66)61-31-18-21-43(61)52(73-10)38(5)53(68)57-42(55(70)71)33-40-19-14-12-15-20-40)60(8)49(67)35-56-54(69)50(36(2)3)58(6)32-29-39-23-25-41(26-24-39)59(7)45(63)22-16-13-17-30-62-46(64)27-28-47(62)65/h12,14-15,19-20,23-28,36-38,42-44,50-52H,11,13,16-18,21-22,29-35H2,1-10H3,(H,56,69)(H,57,68)(H,70,71)/t37-,38+,42-,43-,44+,50?,51-,52+/m0/s1. The van der Waals surface area contributed by atoms with Crippen molar-refractivity contribution in [3.05, 3.63) is 77.9 Å². The molecule has 2 heterocycles. The molecule has 1 unspecified atom stereocenters. The first-order valence-electron chi connectivity index (χ1n) is 25.8. The number of hydrogen-bond acceptors (Lipinski definition) is 11. The normalized spacial score (nSPS) is 17.5. The van der Waals surface area contributed by atoms with E-state index in [9.17, 15) is 43.5 Å². The first kappa shape index (κ1) is 59.6. The molecule has 2 aromatic rings. The van der Waals surface area contributed by atoms with Gasteiger partial charge in [-0.3, -0.25) is 43.4 Å². The minimum absolute atomic E-state index is 0.0314. The molecule has 8 atom stereocenters. The van der Waals surface area contributed by atoms with Crippen LogP contribution < -0.4 is 15.5 Å². The Morgan fingerprint density at radius 2 is 1.48 bits per heavy atom. The van der Waals surface area contributed by atoms with Crippen LogP contribution in [0.1, 0.15) is 97.1 Å². The van der Waals surface area contributed by atoms with Crippen LogP contribution >= 0.6 is 0 Å². The highest BCUT2D eigenvalue weighted by atomic mass is 16.5. The summed E-state index contributed by atoms with van der Waals surface area (Å²) in [6.07, 6.45) is 6.10. The predicted molar refractivity (Wildman–Crippen MR) is 278 cm³/mol. The number of nitrogens with zero attached hydrogens (tertiary/aromatic N) is 5. The first-order valence-corrected chi connectivity index (χ1v) is 25.8. The van der Waals surface area contributed by atoms with Gasteiger partial charge in [0.15, 0.2) is 0 Å². The molecule has 2 aliphatic rings. The van der Waals surface area contributed by atoms with E-state index in [0.717, 1.165) is 16.8 Å². The number of carbonyl (C=O) groups is 8. The lowest BCUT2D eigenvalue weighted by Crippen LogP contribution is -2.55. The Morgan fingerprint density at radius 3 is 2.07 bits per heavy atom. The number of benzene rings is 2. The topological polar surface area (TPSA) is 216 Å². The van der Waals surface area contributed by atoms with E-state index < -0.39 is 54.2 Å². The maximum atomic E-state index is 14.3. The number of unbranched alkanes of at least 4 members (excludes halogenated alkanes) is 2. The molecule has 0 spiro atoms. The summed E-state index contributed by atoms with van der Waals surface area (Å²) in [5.41, 5.74) is 2.55. The molecule has 3 N–H and O–H groups in total. The largest absolute Gasteiger partial charge is 0.480 e. The van der Waals surface area contributed by atoms with Crippen molar-refractivity contribution in [2.75, 3.05) is 66.4 Å². The molecule has 7 amide bonds. The molecular weight excluding hydrogens is 935 g/mol. The minimum atomic E-state index is -1.15. The van der Waals surface area contributed by atoms with Gasteiger partial charge in [0.2, 0.25) is 29.5 Å². The predicted octanol–water partition coefficient (Wildman–Crippen LogP) is 4.48. The number of hydrogen-bond donors (Lipinski definition) is 3. The number of rotatable bonds is 30. The van der Waals surface area contributed by atoms with Gasteiger partial charge in [-0.15, -0.1) is 0 Å². The Labute approximate surface area is 432 Å². The third-order valence-electron chi connectivity index (χ3n) is 14.6. The molecule has 1 saturated heterocycles. The molecule has 73 heavy (non-hydrogen) atoms. The third-order valence-corrected chi connectivity index (χ3v) is 14.6. The highest BCUT2D eigenvalue weighted by molar-refractivity contribution is 6.12. The van der Waals surface area contributed by atoms with E-state index in [2.05, 4.69) is 10.6 Å². The number of aliphatic carboxylic acids is 1. The number of carbonyl (C=O) groups excluding carboxylic acids is 7. The highest BCUT2D eigenvalue weighted by Crippen LogP contribution is 2.30. The lowest BCUT2D eigenvalue weighted by atomic mass is 9.90. The zero-order valence-corrected chi connectivity index (χ0v) is 44.7. The van der Waals surface area contributed by atoms with Crippen molar-refractivity contribution < 1.29 is 52.9 Å². The van der Waals surface area contributed by atoms with Crippen molar-refractivity contribution in [1.82, 2.24) is 30.2 Å². The summed E-state index contributed by atoms with van der Waals surface area (Å²) >= 11 is 0. The van der Waals surface area contributed by atoms with Crippen LogP contribution in [0.25, 0.3) is 0 Å². The second kappa shape index (κ2) is 29.0. The van der Waals surface area contributed by atoms with Gasteiger partial charge in [0, 0.05) is 78.6 Å². The van der Waals surface area contributed by atoms with Crippen LogP contribution in [0.15, 0.2) is 66.7 Å². The fourth-order valence-electron chi connectivity index (χ4n) is 10.1. The Balaban J connectivity index is 1.29. The van der Waals surface area contributed by atoms with E-state index >= 15 is 0 Å². The number of ether oxygens (including phenoxy) is 2. The summed E-state index contributed by atoms with van der Waals surface area (Å²) < 4.78 is 11.9. The van der Waals surface area contributed by atoms with Crippen LogP contribution in [0.5, 0.6) is 0 Å². The van der Waals surface area contributed by atoms with Crippen molar-refractivity contribution in [3.63, 3.8) is 0 Å².